The predicted octanol–water partition coefficient (Wildman–Crippen LogP) is 0.0535. The van der Waals surface area contributed by atoms with Crippen LogP contribution < -0.4 is 5.73 Å². The molecule has 0 aromatic carbocycles. The molecule has 10 heavy (non-hydrogen) atoms. The van der Waals surface area contributed by atoms with E-state index in [4.69, 9.17) is 5.73 Å². The summed E-state index contributed by atoms with van der Waals surface area (Å²) < 4.78 is 0. The molecule has 4 nitrogen and oxygen atoms in total. The highest BCUT2D eigenvalue weighted by molar-refractivity contribution is 5.18. The molecule has 0 aliphatic heterocycles. The number of rotatable bonds is 2. The van der Waals surface area contributed by atoms with E-state index in [0.29, 0.717) is 5.95 Å². The lowest BCUT2D eigenvalue weighted by Gasteiger charge is -2.05. The number of nitrogens with zero attached hydrogens (tertiary/aromatic N) is 2. The summed E-state index contributed by atoms with van der Waals surface area (Å²) in [5.74, 6) is 0.483. The van der Waals surface area contributed by atoms with Crippen LogP contribution in [0.3, 0.4) is 0 Å². The van der Waals surface area contributed by atoms with Crippen LogP contribution in [-0.2, 0) is 6.54 Å². The Kier molecular flexibility index (Phi) is 1.91. The average Bonchev–Trinajstić information content (AvgIpc) is 2.13. The van der Waals surface area contributed by atoms with Gasteiger partial charge >= 0.3 is 0 Å². The van der Waals surface area contributed by atoms with Gasteiger partial charge in [-0.2, -0.15) is 0 Å². The molecule has 1 aromatic heterocycles. The Hall–Kier alpha value is -1.03. The normalized spacial score (nSPS) is 10.7. The van der Waals surface area contributed by atoms with E-state index in [-0.39, 0.29) is 0 Å². The molecule has 0 saturated carbocycles. The zero-order valence-corrected chi connectivity index (χ0v) is 6.26. The van der Waals surface area contributed by atoms with Crippen molar-refractivity contribution in [1.82, 2.24) is 14.9 Å². The molecular formula is C6H12N4. The third-order valence-corrected chi connectivity index (χ3v) is 1.13. The van der Waals surface area contributed by atoms with Gasteiger partial charge in [0.2, 0.25) is 0 Å². The number of H-pyrrole nitrogens is 1. The Morgan fingerprint density at radius 1 is 1.70 bits per heavy atom. The fraction of sp³-hybridized carbons (Fsp3) is 0.500. The third-order valence-electron chi connectivity index (χ3n) is 1.13. The largest absolute Gasteiger partial charge is 0.369 e. The van der Waals surface area contributed by atoms with Gasteiger partial charge in [-0.3, -0.25) is 0 Å². The molecule has 0 aliphatic carbocycles. The molecule has 4 heteroatoms. The van der Waals surface area contributed by atoms with Crippen molar-refractivity contribution >= 4 is 5.95 Å². The first-order valence-electron chi connectivity index (χ1n) is 3.12. The molecule has 56 valence electrons. The Bertz CT molecular complexity index is 203. The molecule has 0 fully saturated rings. The van der Waals surface area contributed by atoms with Crippen LogP contribution in [0.2, 0.25) is 0 Å². The van der Waals surface area contributed by atoms with Gasteiger partial charge in [-0.1, -0.05) is 0 Å². The summed E-state index contributed by atoms with van der Waals surface area (Å²) in [4.78, 5) is 8.85. The Balaban J connectivity index is 2.58. The SMILES string of the molecule is CN(C)Cc1cnc(N)[nH]1. The molecule has 0 radical (unpaired) electrons. The Labute approximate surface area is 60.1 Å². The third kappa shape index (κ3) is 1.73. The lowest BCUT2D eigenvalue weighted by Crippen LogP contribution is -2.10. The minimum Gasteiger partial charge on any atom is -0.369 e. The smallest absolute Gasteiger partial charge is 0.197 e. The second-order valence-corrected chi connectivity index (χ2v) is 2.53. The number of aromatic nitrogens is 2. The van der Waals surface area contributed by atoms with E-state index < -0.39 is 0 Å². The summed E-state index contributed by atoms with van der Waals surface area (Å²) >= 11 is 0. The van der Waals surface area contributed by atoms with Crippen molar-refractivity contribution in [3.05, 3.63) is 11.9 Å². The van der Waals surface area contributed by atoms with Crippen molar-refractivity contribution in [2.45, 2.75) is 6.54 Å². The number of nitrogen functional groups attached to an aromatic ring is 1. The summed E-state index contributed by atoms with van der Waals surface area (Å²) in [7, 11) is 3.99. The molecule has 0 amide bonds. The van der Waals surface area contributed by atoms with Crippen molar-refractivity contribution in [3.63, 3.8) is 0 Å². The lowest BCUT2D eigenvalue weighted by atomic mass is 10.4. The number of nitrogens with two attached hydrogens (primary N) is 1. The summed E-state index contributed by atoms with van der Waals surface area (Å²) in [5, 5.41) is 0. The van der Waals surface area contributed by atoms with Gasteiger partial charge in [0.05, 0.1) is 11.9 Å². The van der Waals surface area contributed by atoms with Gasteiger partial charge in [0, 0.05) is 6.54 Å². The van der Waals surface area contributed by atoms with Gasteiger partial charge in [0.25, 0.3) is 0 Å². The second kappa shape index (κ2) is 2.70. The number of hydrogen-bond acceptors (Lipinski definition) is 3. The predicted molar refractivity (Wildman–Crippen MR) is 40.4 cm³/mol. The minimum absolute atomic E-state index is 0.483. The zero-order valence-electron chi connectivity index (χ0n) is 6.26. The first-order valence-corrected chi connectivity index (χ1v) is 3.12. The average molecular weight is 140 g/mol. The number of hydrogen-bond donors (Lipinski definition) is 2. The molecule has 1 rings (SSSR count). The van der Waals surface area contributed by atoms with E-state index in [1.54, 1.807) is 6.20 Å². The molecule has 0 spiro atoms. The minimum atomic E-state index is 0.483. The quantitative estimate of drug-likeness (QED) is 0.610. The molecule has 0 atom stereocenters. The number of nitrogens with one attached hydrogen (secondary N) is 1. The van der Waals surface area contributed by atoms with Crippen molar-refractivity contribution < 1.29 is 0 Å². The monoisotopic (exact) mass is 140 g/mol. The van der Waals surface area contributed by atoms with E-state index in [1.165, 1.54) is 0 Å². The van der Waals surface area contributed by atoms with Crippen LogP contribution in [0.4, 0.5) is 5.95 Å². The van der Waals surface area contributed by atoms with Crippen molar-refractivity contribution in [3.8, 4) is 0 Å². The second-order valence-electron chi connectivity index (χ2n) is 2.53. The molecule has 3 N–H and O–H groups in total. The van der Waals surface area contributed by atoms with Gasteiger partial charge < -0.3 is 15.6 Å². The van der Waals surface area contributed by atoms with Crippen molar-refractivity contribution in [2.24, 2.45) is 0 Å². The summed E-state index contributed by atoms with van der Waals surface area (Å²) in [6, 6.07) is 0. The lowest BCUT2D eigenvalue weighted by molar-refractivity contribution is 0.398. The fourth-order valence-electron chi connectivity index (χ4n) is 0.798. The van der Waals surface area contributed by atoms with Crippen LogP contribution in [0.5, 0.6) is 0 Å². The topological polar surface area (TPSA) is 57.9 Å². The summed E-state index contributed by atoms with van der Waals surface area (Å²) in [6.07, 6.45) is 1.75. The highest BCUT2D eigenvalue weighted by Crippen LogP contribution is 1.99. The standard InChI is InChI=1S/C6H12N4/c1-10(2)4-5-3-8-6(7)9-5/h3H,4H2,1-2H3,(H3,7,8,9). The first-order chi connectivity index (χ1) is 4.68. The molecule has 0 saturated heterocycles. The summed E-state index contributed by atoms with van der Waals surface area (Å²) in [5.41, 5.74) is 6.41. The number of anilines is 1. The van der Waals surface area contributed by atoms with E-state index in [9.17, 15) is 0 Å². The highest BCUT2D eigenvalue weighted by atomic mass is 15.1. The maximum atomic E-state index is 5.37. The highest BCUT2D eigenvalue weighted by Gasteiger charge is 1.96. The van der Waals surface area contributed by atoms with Crippen LogP contribution in [0.15, 0.2) is 6.20 Å². The number of aromatic amines is 1. The van der Waals surface area contributed by atoms with Crippen LogP contribution in [0, 0.1) is 0 Å². The van der Waals surface area contributed by atoms with Gasteiger partial charge in [0.15, 0.2) is 5.95 Å². The van der Waals surface area contributed by atoms with Gasteiger partial charge in [-0.05, 0) is 14.1 Å². The van der Waals surface area contributed by atoms with E-state index in [2.05, 4.69) is 9.97 Å². The first kappa shape index (κ1) is 7.08. The maximum Gasteiger partial charge on any atom is 0.197 e. The molecule has 0 aliphatic rings. The number of imidazole rings is 1. The molecule has 0 unspecified atom stereocenters. The van der Waals surface area contributed by atoms with Gasteiger partial charge in [-0.25, -0.2) is 4.98 Å². The maximum absolute atomic E-state index is 5.37. The van der Waals surface area contributed by atoms with Crippen LogP contribution in [-0.4, -0.2) is 29.0 Å². The van der Waals surface area contributed by atoms with Crippen LogP contribution in [0.25, 0.3) is 0 Å². The van der Waals surface area contributed by atoms with Crippen LogP contribution >= 0.6 is 0 Å². The van der Waals surface area contributed by atoms with Crippen LogP contribution in [0.1, 0.15) is 5.69 Å². The Morgan fingerprint density at radius 3 is 2.80 bits per heavy atom. The molecule has 1 aromatic rings. The Morgan fingerprint density at radius 2 is 2.40 bits per heavy atom. The van der Waals surface area contributed by atoms with Crippen molar-refractivity contribution in [1.29, 1.82) is 0 Å². The fourth-order valence-corrected chi connectivity index (χ4v) is 0.798. The van der Waals surface area contributed by atoms with E-state index in [0.717, 1.165) is 12.2 Å². The van der Waals surface area contributed by atoms with Gasteiger partial charge in [-0.15, -0.1) is 0 Å². The molecular weight excluding hydrogens is 128 g/mol. The van der Waals surface area contributed by atoms with Gasteiger partial charge in [0.1, 0.15) is 0 Å². The zero-order chi connectivity index (χ0) is 7.56. The van der Waals surface area contributed by atoms with E-state index >= 15 is 0 Å². The molecule has 0 bridgehead atoms. The summed E-state index contributed by atoms with van der Waals surface area (Å²) in [6.45, 7) is 0.851. The van der Waals surface area contributed by atoms with Crippen molar-refractivity contribution in [2.75, 3.05) is 19.8 Å². The van der Waals surface area contributed by atoms with E-state index in [1.807, 2.05) is 19.0 Å². The molecule has 1 heterocycles.